The normalized spacial score (nSPS) is 14.3. The van der Waals surface area contributed by atoms with Crippen molar-refractivity contribution in [2.75, 3.05) is 19.8 Å². The molecule has 0 saturated heterocycles. The maximum atomic E-state index is 9.42. The fourth-order valence-corrected chi connectivity index (χ4v) is 2.08. The first-order valence-corrected chi connectivity index (χ1v) is 6.64. The summed E-state index contributed by atoms with van der Waals surface area (Å²) in [6.45, 7) is 5.27. The van der Waals surface area contributed by atoms with Gasteiger partial charge < -0.3 is 15.2 Å². The number of ether oxygens (including phenoxy) is 1. The topological polar surface area (TPSA) is 41.5 Å². The Hall–Kier alpha value is -1.58. The van der Waals surface area contributed by atoms with Gasteiger partial charge in [0.15, 0.2) is 0 Å². The summed E-state index contributed by atoms with van der Waals surface area (Å²) >= 11 is 0. The van der Waals surface area contributed by atoms with Crippen molar-refractivity contribution >= 4 is 10.8 Å². The van der Waals surface area contributed by atoms with Crippen molar-refractivity contribution < 1.29 is 9.84 Å². The number of rotatable bonds is 6. The highest BCUT2D eigenvalue weighted by molar-refractivity contribution is 5.83. The lowest BCUT2D eigenvalue weighted by Gasteiger charge is -2.28. The van der Waals surface area contributed by atoms with Crippen LogP contribution in [0.15, 0.2) is 42.5 Å². The van der Waals surface area contributed by atoms with E-state index >= 15 is 0 Å². The number of nitrogens with one attached hydrogen (secondary N) is 1. The van der Waals surface area contributed by atoms with Crippen molar-refractivity contribution in [3.05, 3.63) is 42.5 Å². The van der Waals surface area contributed by atoms with Gasteiger partial charge >= 0.3 is 0 Å². The van der Waals surface area contributed by atoms with E-state index in [1.165, 1.54) is 5.39 Å². The molecule has 0 aromatic heterocycles. The van der Waals surface area contributed by atoms with Crippen LogP contribution in [0, 0.1) is 0 Å². The molecule has 2 rings (SSSR count). The van der Waals surface area contributed by atoms with E-state index in [0.29, 0.717) is 6.61 Å². The molecule has 1 unspecified atom stereocenters. The summed E-state index contributed by atoms with van der Waals surface area (Å²) in [6, 6.07) is 14.2. The van der Waals surface area contributed by atoms with Crippen LogP contribution >= 0.6 is 0 Å². The lowest BCUT2D eigenvalue weighted by molar-refractivity contribution is 0.117. The number of hydrogen-bond acceptors (Lipinski definition) is 3. The Morgan fingerprint density at radius 2 is 1.89 bits per heavy atom. The molecule has 0 heterocycles. The van der Waals surface area contributed by atoms with Gasteiger partial charge in [-0.25, -0.2) is 0 Å². The van der Waals surface area contributed by atoms with Crippen molar-refractivity contribution in [3.63, 3.8) is 0 Å². The molecule has 0 amide bonds. The Morgan fingerprint density at radius 3 is 2.58 bits per heavy atom. The van der Waals surface area contributed by atoms with E-state index in [1.807, 2.05) is 44.2 Å². The Balaban J connectivity index is 2.09. The molecule has 0 fully saturated rings. The largest absolute Gasteiger partial charge is 0.492 e. The molecule has 3 heteroatoms. The van der Waals surface area contributed by atoms with Gasteiger partial charge in [-0.1, -0.05) is 37.3 Å². The first kappa shape index (κ1) is 13.8. The Labute approximate surface area is 114 Å². The van der Waals surface area contributed by atoms with Crippen LogP contribution in [0.5, 0.6) is 5.75 Å². The van der Waals surface area contributed by atoms with Crippen LogP contribution in [0.3, 0.4) is 0 Å². The second-order valence-electron chi connectivity index (χ2n) is 5.05. The van der Waals surface area contributed by atoms with Crippen molar-refractivity contribution in [2.45, 2.75) is 19.4 Å². The molecule has 0 aliphatic rings. The number of hydrogen-bond donors (Lipinski definition) is 2. The molecule has 3 nitrogen and oxygen atoms in total. The molecule has 1 atom stereocenters. The molecule has 2 aromatic rings. The van der Waals surface area contributed by atoms with E-state index in [1.54, 1.807) is 0 Å². The van der Waals surface area contributed by atoms with Gasteiger partial charge in [0.05, 0.1) is 12.1 Å². The standard InChI is InChI=1S/C16H21NO2/c1-3-17-16(2,11-18)12-19-15-9-8-13-6-4-5-7-14(13)10-15/h4-10,17-18H,3,11-12H2,1-2H3. The minimum atomic E-state index is -0.402. The molecular formula is C16H21NO2. The van der Waals surface area contributed by atoms with E-state index in [4.69, 9.17) is 4.74 Å². The SMILES string of the molecule is CCNC(C)(CO)COc1ccc2ccccc2c1. The maximum Gasteiger partial charge on any atom is 0.120 e. The highest BCUT2D eigenvalue weighted by atomic mass is 16.5. The van der Waals surface area contributed by atoms with Crippen LogP contribution < -0.4 is 10.1 Å². The predicted octanol–water partition coefficient (Wildman–Crippen LogP) is 2.58. The maximum absolute atomic E-state index is 9.42. The highest BCUT2D eigenvalue weighted by Crippen LogP contribution is 2.21. The van der Waals surface area contributed by atoms with Crippen molar-refractivity contribution in [2.24, 2.45) is 0 Å². The Morgan fingerprint density at radius 1 is 1.16 bits per heavy atom. The Bertz CT molecular complexity index is 541. The van der Waals surface area contributed by atoms with E-state index in [2.05, 4.69) is 17.4 Å². The van der Waals surface area contributed by atoms with Crippen LogP contribution in [-0.4, -0.2) is 30.4 Å². The second kappa shape index (κ2) is 6.04. The molecule has 2 aromatic carbocycles. The molecule has 0 radical (unpaired) electrons. The van der Waals surface area contributed by atoms with Gasteiger partial charge in [-0.3, -0.25) is 0 Å². The summed E-state index contributed by atoms with van der Waals surface area (Å²) in [5, 5.41) is 15.0. The summed E-state index contributed by atoms with van der Waals surface area (Å²) in [4.78, 5) is 0. The third-order valence-corrected chi connectivity index (χ3v) is 3.23. The van der Waals surface area contributed by atoms with Crippen molar-refractivity contribution in [1.82, 2.24) is 5.32 Å². The minimum absolute atomic E-state index is 0.0500. The lowest BCUT2D eigenvalue weighted by atomic mass is 10.1. The van der Waals surface area contributed by atoms with Gasteiger partial charge in [0.2, 0.25) is 0 Å². The average Bonchev–Trinajstić information content (AvgIpc) is 2.45. The molecule has 0 aliphatic heterocycles. The molecule has 0 aliphatic carbocycles. The monoisotopic (exact) mass is 259 g/mol. The first-order valence-electron chi connectivity index (χ1n) is 6.64. The fourth-order valence-electron chi connectivity index (χ4n) is 2.08. The Kier molecular flexibility index (Phi) is 4.40. The molecule has 2 N–H and O–H groups in total. The second-order valence-corrected chi connectivity index (χ2v) is 5.05. The third-order valence-electron chi connectivity index (χ3n) is 3.23. The zero-order valence-electron chi connectivity index (χ0n) is 11.5. The van der Waals surface area contributed by atoms with Crippen molar-refractivity contribution in [1.29, 1.82) is 0 Å². The molecule has 19 heavy (non-hydrogen) atoms. The number of aliphatic hydroxyl groups excluding tert-OH is 1. The molecule has 0 bridgehead atoms. The molecule has 0 spiro atoms. The van der Waals surface area contributed by atoms with E-state index in [9.17, 15) is 5.11 Å². The van der Waals surface area contributed by atoms with Gasteiger partial charge in [-0.2, -0.15) is 0 Å². The molecule has 0 saturated carbocycles. The first-order chi connectivity index (χ1) is 9.17. The lowest BCUT2D eigenvalue weighted by Crippen LogP contribution is -2.50. The summed E-state index contributed by atoms with van der Waals surface area (Å²) in [5.41, 5.74) is -0.402. The van der Waals surface area contributed by atoms with Gasteiger partial charge in [-0.15, -0.1) is 0 Å². The molecular weight excluding hydrogens is 238 g/mol. The van der Waals surface area contributed by atoms with E-state index in [0.717, 1.165) is 17.7 Å². The summed E-state index contributed by atoms with van der Waals surface area (Å²) in [6.07, 6.45) is 0. The van der Waals surface area contributed by atoms with Crippen LogP contribution in [0.25, 0.3) is 10.8 Å². The predicted molar refractivity (Wildman–Crippen MR) is 78.6 cm³/mol. The van der Waals surface area contributed by atoms with Gasteiger partial charge in [0.1, 0.15) is 12.4 Å². The number of aliphatic hydroxyl groups is 1. The zero-order chi connectivity index (χ0) is 13.7. The fraction of sp³-hybridized carbons (Fsp3) is 0.375. The van der Waals surface area contributed by atoms with Crippen LogP contribution in [0.4, 0.5) is 0 Å². The highest BCUT2D eigenvalue weighted by Gasteiger charge is 2.22. The van der Waals surface area contributed by atoms with Gasteiger partial charge in [0.25, 0.3) is 0 Å². The smallest absolute Gasteiger partial charge is 0.120 e. The van der Waals surface area contributed by atoms with Gasteiger partial charge in [0, 0.05) is 0 Å². The van der Waals surface area contributed by atoms with Crippen LogP contribution in [0.1, 0.15) is 13.8 Å². The number of benzene rings is 2. The third kappa shape index (κ3) is 3.46. The number of fused-ring (bicyclic) bond motifs is 1. The number of likely N-dealkylation sites (N-methyl/N-ethyl adjacent to an activating group) is 1. The summed E-state index contributed by atoms with van der Waals surface area (Å²) in [7, 11) is 0. The van der Waals surface area contributed by atoms with Gasteiger partial charge in [-0.05, 0) is 36.4 Å². The van der Waals surface area contributed by atoms with Crippen molar-refractivity contribution in [3.8, 4) is 5.75 Å². The van der Waals surface area contributed by atoms with E-state index < -0.39 is 5.54 Å². The van der Waals surface area contributed by atoms with E-state index in [-0.39, 0.29) is 6.61 Å². The summed E-state index contributed by atoms with van der Waals surface area (Å²) in [5.74, 6) is 0.830. The molecule has 102 valence electrons. The average molecular weight is 259 g/mol. The zero-order valence-corrected chi connectivity index (χ0v) is 11.5. The van der Waals surface area contributed by atoms with Crippen LogP contribution in [0.2, 0.25) is 0 Å². The van der Waals surface area contributed by atoms with Crippen LogP contribution in [-0.2, 0) is 0 Å². The quantitative estimate of drug-likeness (QED) is 0.838. The minimum Gasteiger partial charge on any atom is -0.492 e. The summed E-state index contributed by atoms with van der Waals surface area (Å²) < 4.78 is 5.80.